The van der Waals surface area contributed by atoms with Gasteiger partial charge in [0, 0.05) is 37.6 Å². The molecule has 1 fully saturated rings. The highest BCUT2D eigenvalue weighted by atomic mass is 35.5. The first-order valence-corrected chi connectivity index (χ1v) is 11.7. The summed E-state index contributed by atoms with van der Waals surface area (Å²) in [6.07, 6.45) is 3.02. The third kappa shape index (κ3) is 5.15. The monoisotopic (exact) mass is 485 g/mol. The van der Waals surface area contributed by atoms with Gasteiger partial charge in [-0.3, -0.25) is 9.59 Å². The van der Waals surface area contributed by atoms with E-state index in [1.54, 1.807) is 26.2 Å². The molecule has 1 atom stereocenters. The summed E-state index contributed by atoms with van der Waals surface area (Å²) in [5, 5.41) is 4.43. The van der Waals surface area contributed by atoms with Gasteiger partial charge in [-0.2, -0.15) is 4.98 Å². The molecule has 0 saturated carbocycles. The van der Waals surface area contributed by atoms with Gasteiger partial charge in [0.2, 0.25) is 5.95 Å². The van der Waals surface area contributed by atoms with Gasteiger partial charge in [0.15, 0.2) is 17.4 Å². The van der Waals surface area contributed by atoms with Crippen molar-refractivity contribution in [3.05, 3.63) is 45.8 Å². The Labute approximate surface area is 202 Å². The van der Waals surface area contributed by atoms with Crippen molar-refractivity contribution >= 4 is 45.7 Å². The van der Waals surface area contributed by atoms with Crippen molar-refractivity contribution in [2.45, 2.75) is 32.8 Å². The van der Waals surface area contributed by atoms with Gasteiger partial charge in [-0.1, -0.05) is 25.4 Å². The van der Waals surface area contributed by atoms with Gasteiger partial charge in [-0.25, -0.2) is 4.98 Å². The fraction of sp³-hybridized carbons (Fsp3) is 0.417. The van der Waals surface area contributed by atoms with E-state index in [0.717, 1.165) is 29.6 Å². The quantitative estimate of drug-likeness (QED) is 0.515. The molecule has 1 saturated heterocycles. The third-order valence-corrected chi connectivity index (χ3v) is 6.12. The highest BCUT2D eigenvalue weighted by Gasteiger charge is 2.22. The molecule has 1 aliphatic rings. The molecule has 0 amide bonds. The van der Waals surface area contributed by atoms with E-state index in [2.05, 4.69) is 27.1 Å². The van der Waals surface area contributed by atoms with Crippen LogP contribution in [0.1, 0.15) is 26.7 Å². The molecule has 180 valence electrons. The van der Waals surface area contributed by atoms with E-state index in [-0.39, 0.29) is 29.8 Å². The van der Waals surface area contributed by atoms with Gasteiger partial charge in [0.25, 0.3) is 5.56 Å². The number of pyridine rings is 1. The Morgan fingerprint density at radius 1 is 1.32 bits per heavy atom. The van der Waals surface area contributed by atoms with E-state index in [0.29, 0.717) is 36.4 Å². The van der Waals surface area contributed by atoms with Crippen LogP contribution in [0.2, 0.25) is 5.02 Å². The first-order chi connectivity index (χ1) is 16.4. The molecule has 0 radical (unpaired) electrons. The molecule has 10 heteroatoms. The van der Waals surface area contributed by atoms with Gasteiger partial charge >= 0.3 is 0 Å². The van der Waals surface area contributed by atoms with E-state index in [4.69, 9.17) is 21.1 Å². The number of aromatic nitrogens is 3. The number of carbonyl (C=O) groups excluding carboxylic acids is 1. The van der Waals surface area contributed by atoms with E-state index >= 15 is 0 Å². The van der Waals surface area contributed by atoms with Crippen LogP contribution in [0.25, 0.3) is 10.9 Å². The minimum absolute atomic E-state index is 0.0719. The summed E-state index contributed by atoms with van der Waals surface area (Å²) in [6.45, 7) is 5.79. The van der Waals surface area contributed by atoms with Crippen molar-refractivity contribution in [2.24, 2.45) is 7.05 Å². The number of rotatable bonds is 8. The van der Waals surface area contributed by atoms with Crippen LogP contribution < -0.4 is 20.5 Å². The molecule has 34 heavy (non-hydrogen) atoms. The summed E-state index contributed by atoms with van der Waals surface area (Å²) in [5.41, 5.74) is 1.18. The summed E-state index contributed by atoms with van der Waals surface area (Å²) < 4.78 is 12.7. The Morgan fingerprint density at radius 3 is 2.91 bits per heavy atom. The normalized spacial score (nSPS) is 16.0. The predicted octanol–water partition coefficient (Wildman–Crippen LogP) is 3.70. The number of Topliss-reactive ketones (excluding diaryl/α,β-unsaturated/α-hetero) is 1. The third-order valence-electron chi connectivity index (χ3n) is 5.84. The van der Waals surface area contributed by atoms with Crippen molar-refractivity contribution in [2.75, 3.05) is 36.5 Å². The lowest BCUT2D eigenvalue weighted by molar-refractivity contribution is -0.120. The van der Waals surface area contributed by atoms with Crippen LogP contribution in [-0.4, -0.2) is 52.7 Å². The van der Waals surface area contributed by atoms with E-state index in [1.165, 1.54) is 4.57 Å². The Balaban J connectivity index is 1.61. The number of nitrogens with zero attached hydrogens (tertiary/aromatic N) is 4. The van der Waals surface area contributed by atoms with Crippen LogP contribution >= 0.6 is 11.6 Å². The van der Waals surface area contributed by atoms with Crippen LogP contribution in [0, 0.1) is 0 Å². The standard InChI is InChI=1S/C24H28ClN5O4/c1-4-17(31)14-34-21-11-15-10-16(6-7-20(15)29(3)23(21)32)27-22-19(25)12-26-24(28-22)30-8-9-33-18(5-2)13-30/h6-7,10-12,18H,4-5,8-9,13-14H2,1-3H3,(H,26,27,28)/t18-/m0/s1. The number of ether oxygens (including phenoxy) is 2. The number of benzene rings is 1. The molecule has 0 aliphatic carbocycles. The highest BCUT2D eigenvalue weighted by molar-refractivity contribution is 6.32. The zero-order valence-electron chi connectivity index (χ0n) is 19.5. The number of carbonyl (C=O) groups is 1. The Morgan fingerprint density at radius 2 is 2.15 bits per heavy atom. The number of halogens is 1. The number of hydrogen-bond donors (Lipinski definition) is 1. The molecular formula is C24H28ClN5O4. The van der Waals surface area contributed by atoms with E-state index < -0.39 is 0 Å². The molecule has 4 rings (SSSR count). The molecule has 1 aliphatic heterocycles. The summed E-state index contributed by atoms with van der Waals surface area (Å²) >= 11 is 6.39. The van der Waals surface area contributed by atoms with Crippen LogP contribution in [0.5, 0.6) is 5.75 Å². The molecular weight excluding hydrogens is 458 g/mol. The van der Waals surface area contributed by atoms with Gasteiger partial charge in [0.05, 0.1) is 24.4 Å². The first-order valence-electron chi connectivity index (χ1n) is 11.3. The maximum Gasteiger partial charge on any atom is 0.293 e. The van der Waals surface area contributed by atoms with E-state index in [9.17, 15) is 9.59 Å². The molecule has 2 aromatic heterocycles. The molecule has 9 nitrogen and oxygen atoms in total. The van der Waals surface area contributed by atoms with Gasteiger partial charge in [-0.15, -0.1) is 0 Å². The highest BCUT2D eigenvalue weighted by Crippen LogP contribution is 2.28. The molecule has 3 heterocycles. The summed E-state index contributed by atoms with van der Waals surface area (Å²) in [7, 11) is 1.67. The zero-order chi connectivity index (χ0) is 24.2. The second kappa shape index (κ2) is 10.4. The molecule has 0 spiro atoms. The predicted molar refractivity (Wildman–Crippen MR) is 133 cm³/mol. The lowest BCUT2D eigenvalue weighted by atomic mass is 10.2. The molecule has 3 aromatic rings. The molecule has 1 N–H and O–H groups in total. The maximum absolute atomic E-state index is 12.6. The number of aryl methyl sites for hydroxylation is 1. The van der Waals surface area contributed by atoms with Gasteiger partial charge < -0.3 is 24.3 Å². The van der Waals surface area contributed by atoms with Crippen LogP contribution in [-0.2, 0) is 16.6 Å². The summed E-state index contributed by atoms with van der Waals surface area (Å²) in [4.78, 5) is 35.4. The summed E-state index contributed by atoms with van der Waals surface area (Å²) in [5.74, 6) is 1.14. The van der Waals surface area contributed by atoms with Crippen LogP contribution in [0.15, 0.2) is 35.3 Å². The number of nitrogens with one attached hydrogen (secondary N) is 1. The van der Waals surface area contributed by atoms with Crippen molar-refractivity contribution in [1.82, 2.24) is 14.5 Å². The first kappa shape index (κ1) is 24.0. The number of morpholine rings is 1. The largest absolute Gasteiger partial charge is 0.480 e. The lowest BCUT2D eigenvalue weighted by Crippen LogP contribution is -2.43. The number of anilines is 3. The van der Waals surface area contributed by atoms with Crippen molar-refractivity contribution in [1.29, 1.82) is 0 Å². The van der Waals surface area contributed by atoms with Crippen LogP contribution in [0.4, 0.5) is 17.5 Å². The topological polar surface area (TPSA) is 98.6 Å². The lowest BCUT2D eigenvalue weighted by Gasteiger charge is -2.32. The average molecular weight is 486 g/mol. The van der Waals surface area contributed by atoms with Crippen LogP contribution in [0.3, 0.4) is 0 Å². The SMILES string of the molecule is CCC(=O)COc1cc2cc(Nc3nc(N4CCO[C@@H](CC)C4)ncc3Cl)ccc2n(C)c1=O. The minimum atomic E-state index is -0.295. The molecule has 0 unspecified atom stereocenters. The summed E-state index contributed by atoms with van der Waals surface area (Å²) in [6, 6.07) is 7.22. The van der Waals surface area contributed by atoms with Gasteiger partial charge in [0.1, 0.15) is 11.6 Å². The Kier molecular flexibility index (Phi) is 7.33. The Bertz CT molecular complexity index is 1260. The van der Waals surface area contributed by atoms with Crippen molar-refractivity contribution < 1.29 is 14.3 Å². The fourth-order valence-electron chi connectivity index (χ4n) is 3.78. The zero-order valence-corrected chi connectivity index (χ0v) is 20.3. The van der Waals surface area contributed by atoms with Crippen molar-refractivity contribution in [3.8, 4) is 5.75 Å². The fourth-order valence-corrected chi connectivity index (χ4v) is 3.92. The number of fused-ring (bicyclic) bond motifs is 1. The smallest absolute Gasteiger partial charge is 0.293 e. The Hall–Kier alpha value is -3.17. The van der Waals surface area contributed by atoms with Gasteiger partial charge in [-0.05, 0) is 30.7 Å². The van der Waals surface area contributed by atoms with E-state index in [1.807, 2.05) is 18.2 Å². The molecule has 0 bridgehead atoms. The average Bonchev–Trinajstić information content (AvgIpc) is 2.86. The maximum atomic E-state index is 12.6. The second-order valence-corrected chi connectivity index (χ2v) is 8.57. The molecule has 1 aromatic carbocycles. The number of hydrogen-bond acceptors (Lipinski definition) is 8. The second-order valence-electron chi connectivity index (χ2n) is 8.17. The van der Waals surface area contributed by atoms with Crippen molar-refractivity contribution in [3.63, 3.8) is 0 Å². The minimum Gasteiger partial charge on any atom is -0.480 e. The number of ketones is 1.